The number of nitrogens with two attached hydrogens (primary N) is 1. The van der Waals surface area contributed by atoms with Crippen molar-refractivity contribution >= 4 is 34.5 Å². The lowest BCUT2D eigenvalue weighted by Crippen LogP contribution is -2.48. The zero-order valence-corrected chi connectivity index (χ0v) is 14.8. The maximum Gasteiger partial charge on any atom is 0.262 e. The van der Waals surface area contributed by atoms with Gasteiger partial charge in [0.2, 0.25) is 0 Å². The molecule has 1 fully saturated rings. The number of fused-ring (bicyclic) bond motifs is 1. The number of nitrogens with one attached hydrogen (secondary N) is 1. The molecule has 25 heavy (non-hydrogen) atoms. The zero-order valence-electron chi connectivity index (χ0n) is 14.0. The minimum atomic E-state index is 0.101. The van der Waals surface area contributed by atoms with Gasteiger partial charge in [-0.05, 0) is 25.3 Å². The monoisotopic (exact) mass is 358 g/mol. The van der Waals surface area contributed by atoms with Crippen LogP contribution in [0.15, 0.2) is 29.7 Å². The molecule has 0 unspecified atom stereocenters. The van der Waals surface area contributed by atoms with Crippen molar-refractivity contribution < 1.29 is 4.79 Å². The lowest BCUT2D eigenvalue weighted by Gasteiger charge is -2.36. The van der Waals surface area contributed by atoms with Crippen LogP contribution in [0.1, 0.15) is 19.3 Å². The molecule has 0 spiro atoms. The van der Waals surface area contributed by atoms with Crippen molar-refractivity contribution in [3.05, 3.63) is 29.7 Å². The molecule has 4 heterocycles. The number of hydrogen-bond donors (Lipinski definition) is 2. The molecule has 7 nitrogen and oxygen atoms in total. The summed E-state index contributed by atoms with van der Waals surface area (Å²) in [5.74, 6) is 1.80. The summed E-state index contributed by atoms with van der Waals surface area (Å²) < 4.78 is 0. The standard InChI is InChI=1S/C17H22N6OS/c18-9-12-3-1-2-6-23(12)17(24)14-10-22(7-8-25-14)16-13-4-5-19-15(13)20-11-21-16/h4-5,10-12H,1-3,6-9,18H2,(H,19,20,21)/t12-/m1/s1. The van der Waals surface area contributed by atoms with Crippen LogP contribution in [0.4, 0.5) is 5.82 Å². The smallest absolute Gasteiger partial charge is 0.262 e. The third-order valence-electron chi connectivity index (χ3n) is 4.84. The molecule has 0 aliphatic carbocycles. The van der Waals surface area contributed by atoms with Crippen molar-refractivity contribution in [2.75, 3.05) is 30.3 Å². The van der Waals surface area contributed by atoms with Crippen molar-refractivity contribution in [1.82, 2.24) is 19.9 Å². The Balaban J connectivity index is 1.62. The number of amides is 1. The molecule has 0 aromatic carbocycles. The quantitative estimate of drug-likeness (QED) is 0.868. The van der Waals surface area contributed by atoms with Crippen molar-refractivity contribution in [2.45, 2.75) is 25.3 Å². The Labute approximate surface area is 150 Å². The first-order valence-corrected chi connectivity index (χ1v) is 9.67. The van der Waals surface area contributed by atoms with Gasteiger partial charge in [0.1, 0.15) is 17.8 Å². The molecule has 0 bridgehead atoms. The highest BCUT2D eigenvalue weighted by atomic mass is 32.2. The van der Waals surface area contributed by atoms with E-state index in [0.29, 0.717) is 6.54 Å². The van der Waals surface area contributed by atoms with Crippen molar-refractivity contribution in [3.63, 3.8) is 0 Å². The number of aromatic nitrogens is 3. The normalized spacial score (nSPS) is 21.5. The van der Waals surface area contributed by atoms with Gasteiger partial charge in [0.15, 0.2) is 0 Å². The predicted octanol–water partition coefficient (Wildman–Crippen LogP) is 1.69. The number of piperidine rings is 1. The van der Waals surface area contributed by atoms with E-state index in [-0.39, 0.29) is 11.9 Å². The van der Waals surface area contributed by atoms with E-state index in [1.807, 2.05) is 23.4 Å². The average molecular weight is 358 g/mol. The van der Waals surface area contributed by atoms with Crippen LogP contribution in [0.5, 0.6) is 0 Å². The van der Waals surface area contributed by atoms with Gasteiger partial charge < -0.3 is 20.5 Å². The van der Waals surface area contributed by atoms with E-state index in [2.05, 4.69) is 19.9 Å². The predicted molar refractivity (Wildman–Crippen MR) is 100 cm³/mol. The number of H-pyrrole nitrogens is 1. The van der Waals surface area contributed by atoms with E-state index in [4.69, 9.17) is 5.73 Å². The van der Waals surface area contributed by atoms with E-state index < -0.39 is 0 Å². The van der Waals surface area contributed by atoms with Crippen molar-refractivity contribution in [3.8, 4) is 0 Å². The van der Waals surface area contributed by atoms with Crippen molar-refractivity contribution in [2.24, 2.45) is 5.73 Å². The topological polar surface area (TPSA) is 91.1 Å². The van der Waals surface area contributed by atoms with Gasteiger partial charge in [-0.25, -0.2) is 9.97 Å². The van der Waals surface area contributed by atoms with Gasteiger partial charge in [0, 0.05) is 43.8 Å². The largest absolute Gasteiger partial charge is 0.346 e. The lowest BCUT2D eigenvalue weighted by atomic mass is 10.0. The average Bonchev–Trinajstić information content (AvgIpc) is 3.16. The molecule has 2 aliphatic rings. The SMILES string of the molecule is NC[C@H]1CCCCN1C(=O)C1=CN(c2ncnc3[nH]ccc23)CCS1. The number of aromatic amines is 1. The second kappa shape index (κ2) is 7.05. The Morgan fingerprint density at radius 3 is 3.16 bits per heavy atom. The van der Waals surface area contributed by atoms with Gasteiger partial charge in [-0.3, -0.25) is 4.79 Å². The summed E-state index contributed by atoms with van der Waals surface area (Å²) in [7, 11) is 0. The molecule has 0 radical (unpaired) electrons. The van der Waals surface area contributed by atoms with Crippen LogP contribution in [0, 0.1) is 0 Å². The van der Waals surface area contributed by atoms with Crippen LogP contribution in [0.2, 0.25) is 0 Å². The summed E-state index contributed by atoms with van der Waals surface area (Å²) in [5.41, 5.74) is 6.69. The first kappa shape index (κ1) is 16.4. The van der Waals surface area contributed by atoms with Crippen LogP contribution in [-0.4, -0.2) is 57.2 Å². The maximum absolute atomic E-state index is 13.0. The number of nitrogens with zero attached hydrogens (tertiary/aromatic N) is 4. The first-order chi connectivity index (χ1) is 12.3. The summed E-state index contributed by atoms with van der Waals surface area (Å²) in [6.07, 6.45) is 8.56. The van der Waals surface area contributed by atoms with Gasteiger partial charge >= 0.3 is 0 Å². The fourth-order valence-corrected chi connectivity index (χ4v) is 4.47. The van der Waals surface area contributed by atoms with E-state index in [9.17, 15) is 4.79 Å². The van der Waals surface area contributed by atoms with Gasteiger partial charge in [-0.1, -0.05) is 0 Å². The van der Waals surface area contributed by atoms with Crippen LogP contribution in [-0.2, 0) is 4.79 Å². The molecule has 1 atom stereocenters. The third-order valence-corrected chi connectivity index (χ3v) is 5.82. The van der Waals surface area contributed by atoms with Crippen LogP contribution in [0.25, 0.3) is 11.0 Å². The molecule has 1 saturated heterocycles. The Hall–Kier alpha value is -2.06. The highest BCUT2D eigenvalue weighted by Crippen LogP contribution is 2.31. The van der Waals surface area contributed by atoms with Crippen LogP contribution >= 0.6 is 11.8 Å². The lowest BCUT2D eigenvalue weighted by molar-refractivity contribution is -0.129. The molecule has 2 aromatic heterocycles. The molecular weight excluding hydrogens is 336 g/mol. The molecule has 1 amide bonds. The Bertz CT molecular complexity index is 803. The summed E-state index contributed by atoms with van der Waals surface area (Å²) >= 11 is 1.62. The van der Waals surface area contributed by atoms with Crippen molar-refractivity contribution in [1.29, 1.82) is 0 Å². The van der Waals surface area contributed by atoms with Crippen LogP contribution < -0.4 is 10.6 Å². The minimum Gasteiger partial charge on any atom is -0.346 e. The zero-order chi connectivity index (χ0) is 17.2. The van der Waals surface area contributed by atoms with Gasteiger partial charge in [-0.2, -0.15) is 0 Å². The van der Waals surface area contributed by atoms with E-state index >= 15 is 0 Å². The maximum atomic E-state index is 13.0. The molecule has 0 saturated carbocycles. The number of carbonyl (C=O) groups excluding carboxylic acids is 1. The number of rotatable bonds is 3. The van der Waals surface area contributed by atoms with E-state index in [1.54, 1.807) is 18.1 Å². The summed E-state index contributed by atoms with van der Waals surface area (Å²) in [4.78, 5) is 29.6. The molecular formula is C17H22N6OS. The van der Waals surface area contributed by atoms with Gasteiger partial charge in [0.05, 0.1) is 10.3 Å². The highest BCUT2D eigenvalue weighted by Gasteiger charge is 2.30. The number of hydrogen-bond acceptors (Lipinski definition) is 6. The summed E-state index contributed by atoms with van der Waals surface area (Å²) in [6.45, 7) is 2.15. The molecule has 3 N–H and O–H groups in total. The molecule has 132 valence electrons. The number of likely N-dealkylation sites (tertiary alicyclic amines) is 1. The Kier molecular flexibility index (Phi) is 4.63. The minimum absolute atomic E-state index is 0.101. The number of carbonyl (C=O) groups is 1. The highest BCUT2D eigenvalue weighted by molar-refractivity contribution is 8.04. The Morgan fingerprint density at radius 2 is 2.28 bits per heavy atom. The summed E-state index contributed by atoms with van der Waals surface area (Å²) in [5, 5.41) is 0.968. The van der Waals surface area contributed by atoms with Gasteiger partial charge in [-0.15, -0.1) is 11.8 Å². The van der Waals surface area contributed by atoms with Gasteiger partial charge in [0.25, 0.3) is 5.91 Å². The molecule has 2 aromatic rings. The number of thioether (sulfide) groups is 1. The fourth-order valence-electron chi connectivity index (χ4n) is 3.52. The molecule has 8 heteroatoms. The third kappa shape index (κ3) is 3.11. The molecule has 4 rings (SSSR count). The van der Waals surface area contributed by atoms with Crippen LogP contribution in [0.3, 0.4) is 0 Å². The second-order valence-electron chi connectivity index (χ2n) is 6.36. The molecule has 2 aliphatic heterocycles. The second-order valence-corrected chi connectivity index (χ2v) is 7.49. The van der Waals surface area contributed by atoms with E-state index in [0.717, 1.165) is 59.9 Å². The van der Waals surface area contributed by atoms with E-state index in [1.165, 1.54) is 0 Å². The first-order valence-electron chi connectivity index (χ1n) is 8.68. The Morgan fingerprint density at radius 1 is 1.36 bits per heavy atom. The summed E-state index contributed by atoms with van der Waals surface area (Å²) in [6, 6.07) is 2.13. The number of anilines is 1. The fraction of sp³-hybridized carbons (Fsp3) is 0.471.